The van der Waals surface area contributed by atoms with Crippen LogP contribution in [0.15, 0.2) is 30.3 Å². The molecule has 0 fully saturated rings. The van der Waals surface area contributed by atoms with Crippen molar-refractivity contribution in [3.63, 3.8) is 0 Å². The van der Waals surface area contributed by atoms with Crippen LogP contribution in [0.1, 0.15) is 50.6 Å². The summed E-state index contributed by atoms with van der Waals surface area (Å²) in [5.41, 5.74) is 2.41. The molecule has 3 nitrogen and oxygen atoms in total. The number of para-hydroxylation sites is 1. The van der Waals surface area contributed by atoms with Crippen LogP contribution in [0.25, 0.3) is 10.9 Å². The van der Waals surface area contributed by atoms with Crippen molar-refractivity contribution in [2.45, 2.75) is 44.9 Å². The van der Waals surface area contributed by atoms with Gasteiger partial charge in [-0.15, -0.1) is 0 Å². The lowest BCUT2D eigenvalue weighted by Crippen LogP contribution is -2.02. The van der Waals surface area contributed by atoms with Gasteiger partial charge in [0, 0.05) is 17.6 Å². The van der Waals surface area contributed by atoms with Gasteiger partial charge in [-0.2, -0.15) is 0 Å². The summed E-state index contributed by atoms with van der Waals surface area (Å²) in [4.78, 5) is 14.1. The Hall–Kier alpha value is -1.77. The minimum absolute atomic E-state index is 0.264. The summed E-state index contributed by atoms with van der Waals surface area (Å²) in [5, 5.41) is 9.97. The number of fused-ring (bicyclic) bond motifs is 1. The number of aromatic nitrogens is 1. The first-order valence-corrected chi connectivity index (χ1v) is 7.00. The summed E-state index contributed by atoms with van der Waals surface area (Å²) in [7, 11) is 0. The molecule has 0 saturated carbocycles. The smallest absolute Gasteiger partial charge is 0.303 e. The standard InChI is InChI=1S/C16H21NO2/c1-2-6-12(8-5-10-16(18)19)15-11-13-7-3-4-9-14(13)17-15/h3-4,7,9,11-12,17H,2,5-6,8,10H2,1H3,(H,18,19). The molecular weight excluding hydrogens is 238 g/mol. The molecule has 0 aliphatic carbocycles. The molecule has 0 saturated heterocycles. The van der Waals surface area contributed by atoms with E-state index in [0.29, 0.717) is 5.92 Å². The lowest BCUT2D eigenvalue weighted by Gasteiger charge is -2.13. The quantitative estimate of drug-likeness (QED) is 0.778. The van der Waals surface area contributed by atoms with Gasteiger partial charge < -0.3 is 10.1 Å². The number of carboxylic acid groups (broad SMARTS) is 1. The molecule has 19 heavy (non-hydrogen) atoms. The third kappa shape index (κ3) is 3.60. The lowest BCUT2D eigenvalue weighted by atomic mass is 9.94. The topological polar surface area (TPSA) is 53.1 Å². The summed E-state index contributed by atoms with van der Waals surface area (Å²) in [5.74, 6) is -0.261. The molecule has 1 unspecified atom stereocenters. The van der Waals surface area contributed by atoms with E-state index >= 15 is 0 Å². The van der Waals surface area contributed by atoms with Gasteiger partial charge >= 0.3 is 5.97 Å². The molecule has 102 valence electrons. The summed E-state index contributed by atoms with van der Waals surface area (Å²) >= 11 is 0. The first kappa shape index (κ1) is 13.7. The zero-order valence-corrected chi connectivity index (χ0v) is 11.4. The fourth-order valence-corrected chi connectivity index (χ4v) is 2.62. The molecule has 0 bridgehead atoms. The summed E-state index contributed by atoms with van der Waals surface area (Å²) in [6.45, 7) is 2.17. The molecule has 3 heteroatoms. The fourth-order valence-electron chi connectivity index (χ4n) is 2.62. The Morgan fingerprint density at radius 3 is 2.79 bits per heavy atom. The molecule has 2 rings (SSSR count). The molecule has 0 radical (unpaired) electrons. The molecule has 1 aromatic heterocycles. The fraction of sp³-hybridized carbons (Fsp3) is 0.438. The van der Waals surface area contributed by atoms with Gasteiger partial charge in [0.15, 0.2) is 0 Å². The van der Waals surface area contributed by atoms with E-state index in [1.807, 2.05) is 12.1 Å². The van der Waals surface area contributed by atoms with Crippen LogP contribution in [-0.4, -0.2) is 16.1 Å². The van der Waals surface area contributed by atoms with Crippen molar-refractivity contribution in [1.29, 1.82) is 0 Å². The summed E-state index contributed by atoms with van der Waals surface area (Å²) < 4.78 is 0. The van der Waals surface area contributed by atoms with Gasteiger partial charge in [-0.3, -0.25) is 4.79 Å². The molecule has 1 aromatic carbocycles. The van der Waals surface area contributed by atoms with Crippen LogP contribution in [0, 0.1) is 0 Å². The number of carboxylic acids is 1. The highest BCUT2D eigenvalue weighted by Crippen LogP contribution is 2.29. The number of nitrogens with one attached hydrogen (secondary N) is 1. The minimum Gasteiger partial charge on any atom is -0.481 e. The molecule has 2 N–H and O–H groups in total. The van der Waals surface area contributed by atoms with Crippen LogP contribution in [-0.2, 0) is 4.79 Å². The van der Waals surface area contributed by atoms with Gasteiger partial charge in [-0.1, -0.05) is 31.5 Å². The molecule has 2 aromatic rings. The first-order chi connectivity index (χ1) is 9.20. The monoisotopic (exact) mass is 259 g/mol. The predicted molar refractivity (Wildman–Crippen MR) is 77.4 cm³/mol. The molecule has 0 spiro atoms. The zero-order valence-electron chi connectivity index (χ0n) is 11.4. The number of benzene rings is 1. The predicted octanol–water partition coefficient (Wildman–Crippen LogP) is 4.31. The first-order valence-electron chi connectivity index (χ1n) is 7.00. The van der Waals surface area contributed by atoms with Crippen molar-refractivity contribution in [2.24, 2.45) is 0 Å². The highest BCUT2D eigenvalue weighted by atomic mass is 16.4. The van der Waals surface area contributed by atoms with Crippen molar-refractivity contribution in [3.8, 4) is 0 Å². The van der Waals surface area contributed by atoms with Gasteiger partial charge in [-0.05, 0) is 42.7 Å². The SMILES string of the molecule is CCCC(CCCC(=O)O)c1cc2ccccc2[nH]1. The highest BCUT2D eigenvalue weighted by Gasteiger charge is 2.13. The largest absolute Gasteiger partial charge is 0.481 e. The van der Waals surface area contributed by atoms with Crippen molar-refractivity contribution in [1.82, 2.24) is 4.98 Å². The van der Waals surface area contributed by atoms with Crippen LogP contribution in [0.4, 0.5) is 0 Å². The Labute approximate surface area is 113 Å². The van der Waals surface area contributed by atoms with Crippen molar-refractivity contribution in [3.05, 3.63) is 36.0 Å². The van der Waals surface area contributed by atoms with Crippen molar-refractivity contribution < 1.29 is 9.90 Å². The zero-order chi connectivity index (χ0) is 13.7. The van der Waals surface area contributed by atoms with E-state index in [1.54, 1.807) is 0 Å². The highest BCUT2D eigenvalue weighted by molar-refractivity contribution is 5.80. The molecule has 1 atom stereocenters. The maximum absolute atomic E-state index is 10.6. The van der Waals surface area contributed by atoms with Crippen LogP contribution >= 0.6 is 0 Å². The number of hydrogen-bond donors (Lipinski definition) is 2. The van der Waals surface area contributed by atoms with E-state index in [1.165, 1.54) is 11.1 Å². The number of H-pyrrole nitrogens is 1. The Kier molecular flexibility index (Phi) is 4.61. The normalized spacial score (nSPS) is 12.7. The number of hydrogen-bond acceptors (Lipinski definition) is 1. The van der Waals surface area contributed by atoms with E-state index in [9.17, 15) is 4.79 Å². The average molecular weight is 259 g/mol. The lowest BCUT2D eigenvalue weighted by molar-refractivity contribution is -0.137. The molecule has 0 aliphatic rings. The van der Waals surface area contributed by atoms with Crippen LogP contribution < -0.4 is 0 Å². The second-order valence-electron chi connectivity index (χ2n) is 5.08. The summed E-state index contributed by atoms with van der Waals surface area (Å²) in [6, 6.07) is 10.5. The van der Waals surface area contributed by atoms with Crippen molar-refractivity contribution in [2.75, 3.05) is 0 Å². The number of rotatable bonds is 7. The number of aliphatic carboxylic acids is 1. The Morgan fingerprint density at radius 1 is 1.32 bits per heavy atom. The third-order valence-corrected chi connectivity index (χ3v) is 3.57. The van der Waals surface area contributed by atoms with Crippen LogP contribution in [0.3, 0.4) is 0 Å². The average Bonchev–Trinajstić information content (AvgIpc) is 2.81. The van der Waals surface area contributed by atoms with E-state index in [2.05, 4.69) is 30.1 Å². The van der Waals surface area contributed by atoms with E-state index in [4.69, 9.17) is 5.11 Å². The van der Waals surface area contributed by atoms with Crippen LogP contribution in [0.2, 0.25) is 0 Å². The number of carbonyl (C=O) groups is 1. The van der Waals surface area contributed by atoms with Crippen molar-refractivity contribution >= 4 is 16.9 Å². The second-order valence-corrected chi connectivity index (χ2v) is 5.08. The molecule has 0 aliphatic heterocycles. The van der Waals surface area contributed by atoms with E-state index < -0.39 is 5.97 Å². The second kappa shape index (κ2) is 6.41. The van der Waals surface area contributed by atoms with Gasteiger partial charge in [0.05, 0.1) is 0 Å². The molecule has 0 amide bonds. The maximum Gasteiger partial charge on any atom is 0.303 e. The number of aromatic amines is 1. The van der Waals surface area contributed by atoms with Gasteiger partial charge in [0.1, 0.15) is 0 Å². The van der Waals surface area contributed by atoms with Gasteiger partial charge in [0.2, 0.25) is 0 Å². The van der Waals surface area contributed by atoms with Crippen LogP contribution in [0.5, 0.6) is 0 Å². The Balaban J connectivity index is 2.10. The molecule has 1 heterocycles. The Bertz CT molecular complexity index is 511. The van der Waals surface area contributed by atoms with Gasteiger partial charge in [0.25, 0.3) is 0 Å². The van der Waals surface area contributed by atoms with E-state index in [-0.39, 0.29) is 6.42 Å². The Morgan fingerprint density at radius 2 is 2.11 bits per heavy atom. The molecular formula is C16H21NO2. The minimum atomic E-state index is -0.702. The van der Waals surface area contributed by atoms with Gasteiger partial charge in [-0.25, -0.2) is 0 Å². The van der Waals surface area contributed by atoms with E-state index in [0.717, 1.165) is 31.2 Å². The third-order valence-electron chi connectivity index (χ3n) is 3.57. The maximum atomic E-state index is 10.6. The summed E-state index contributed by atoms with van der Waals surface area (Å²) in [6.07, 6.45) is 4.17.